The van der Waals surface area contributed by atoms with Crippen molar-refractivity contribution in [2.24, 2.45) is 5.10 Å². The van der Waals surface area contributed by atoms with Crippen LogP contribution in [0.5, 0.6) is 0 Å². The van der Waals surface area contributed by atoms with E-state index in [0.717, 1.165) is 34.5 Å². The first-order valence-corrected chi connectivity index (χ1v) is 11.1. The smallest absolute Gasteiger partial charge is 0.137 e. The lowest BCUT2D eigenvalue weighted by atomic mass is 10.0. The van der Waals surface area contributed by atoms with E-state index in [1.165, 1.54) is 12.8 Å². The SMILES string of the molecule is S=C(NN1CCCC1)C1=NN(c2ccc(Cl)cc2Cl)C(c2ccc(Br)cc2)C1. The van der Waals surface area contributed by atoms with Crippen LogP contribution in [-0.2, 0) is 0 Å². The Morgan fingerprint density at radius 3 is 2.50 bits per heavy atom. The first-order valence-electron chi connectivity index (χ1n) is 9.14. The van der Waals surface area contributed by atoms with Crippen molar-refractivity contribution in [2.75, 3.05) is 18.1 Å². The van der Waals surface area contributed by atoms with E-state index in [0.29, 0.717) is 21.5 Å². The number of hydrazone groups is 1. The number of thiocarbonyl (C=S) groups is 1. The Morgan fingerprint density at radius 1 is 1.11 bits per heavy atom. The van der Waals surface area contributed by atoms with Gasteiger partial charge in [-0.3, -0.25) is 5.01 Å². The molecule has 28 heavy (non-hydrogen) atoms. The highest BCUT2D eigenvalue weighted by molar-refractivity contribution is 9.10. The van der Waals surface area contributed by atoms with Gasteiger partial charge in [0, 0.05) is 29.0 Å². The summed E-state index contributed by atoms with van der Waals surface area (Å²) < 4.78 is 1.04. The number of rotatable bonds is 4. The summed E-state index contributed by atoms with van der Waals surface area (Å²) >= 11 is 21.7. The van der Waals surface area contributed by atoms with Gasteiger partial charge in [0.25, 0.3) is 0 Å². The zero-order valence-corrected chi connectivity index (χ0v) is 19.0. The van der Waals surface area contributed by atoms with Gasteiger partial charge in [0.05, 0.1) is 22.5 Å². The molecule has 2 heterocycles. The Kier molecular flexibility index (Phi) is 6.23. The molecule has 1 N–H and O–H groups in total. The zero-order chi connectivity index (χ0) is 19.7. The first kappa shape index (κ1) is 20.1. The van der Waals surface area contributed by atoms with E-state index in [9.17, 15) is 0 Å². The quantitative estimate of drug-likeness (QED) is 0.525. The molecule has 0 radical (unpaired) electrons. The van der Waals surface area contributed by atoms with E-state index in [4.69, 9.17) is 40.5 Å². The van der Waals surface area contributed by atoms with Gasteiger partial charge in [-0.15, -0.1) is 0 Å². The van der Waals surface area contributed by atoms with E-state index >= 15 is 0 Å². The van der Waals surface area contributed by atoms with Crippen molar-refractivity contribution in [2.45, 2.75) is 25.3 Å². The number of benzene rings is 2. The molecule has 2 aromatic rings. The van der Waals surface area contributed by atoms with Gasteiger partial charge >= 0.3 is 0 Å². The number of hydrogen-bond donors (Lipinski definition) is 1. The largest absolute Gasteiger partial charge is 0.308 e. The molecule has 1 saturated heterocycles. The maximum Gasteiger partial charge on any atom is 0.137 e. The van der Waals surface area contributed by atoms with E-state index in [2.05, 4.69) is 38.5 Å². The van der Waals surface area contributed by atoms with Gasteiger partial charge < -0.3 is 5.43 Å². The van der Waals surface area contributed by atoms with Crippen LogP contribution in [0.25, 0.3) is 0 Å². The van der Waals surface area contributed by atoms with Gasteiger partial charge in [-0.1, -0.05) is 63.5 Å². The average molecular weight is 498 g/mol. The van der Waals surface area contributed by atoms with Gasteiger partial charge in [-0.2, -0.15) is 5.10 Å². The summed E-state index contributed by atoms with van der Waals surface area (Å²) in [5.41, 5.74) is 6.17. The van der Waals surface area contributed by atoms with Crippen LogP contribution in [0.4, 0.5) is 5.69 Å². The average Bonchev–Trinajstić information content (AvgIpc) is 3.32. The van der Waals surface area contributed by atoms with Crippen LogP contribution in [-0.4, -0.2) is 28.8 Å². The second kappa shape index (κ2) is 8.67. The maximum atomic E-state index is 6.49. The molecular formula is C20H19BrCl2N4S. The number of hydrazine groups is 1. The summed E-state index contributed by atoms with van der Waals surface area (Å²) in [6, 6.07) is 13.8. The Morgan fingerprint density at radius 2 is 1.82 bits per heavy atom. The second-order valence-corrected chi connectivity index (χ2v) is 9.06. The summed E-state index contributed by atoms with van der Waals surface area (Å²) in [4.78, 5) is 0.677. The van der Waals surface area contributed by atoms with Crippen molar-refractivity contribution in [3.05, 3.63) is 62.5 Å². The van der Waals surface area contributed by atoms with Crippen LogP contribution >= 0.6 is 51.3 Å². The molecule has 4 nitrogen and oxygen atoms in total. The number of nitrogens with zero attached hydrogens (tertiary/aromatic N) is 3. The van der Waals surface area contributed by atoms with Gasteiger partial charge in [0.1, 0.15) is 4.99 Å². The fourth-order valence-electron chi connectivity index (χ4n) is 3.52. The Balaban J connectivity index is 1.65. The second-order valence-electron chi connectivity index (χ2n) is 6.89. The van der Waals surface area contributed by atoms with Crippen molar-refractivity contribution < 1.29 is 0 Å². The molecule has 2 aliphatic heterocycles. The number of hydrogen-bond acceptors (Lipinski definition) is 4. The summed E-state index contributed by atoms with van der Waals surface area (Å²) in [5, 5.41) is 10.1. The number of halogens is 3. The van der Waals surface area contributed by atoms with Gasteiger partial charge in [0.2, 0.25) is 0 Å². The minimum Gasteiger partial charge on any atom is -0.308 e. The van der Waals surface area contributed by atoms with Gasteiger partial charge in [0.15, 0.2) is 0 Å². The van der Waals surface area contributed by atoms with E-state index in [1.807, 2.05) is 29.3 Å². The lowest BCUT2D eigenvalue weighted by Crippen LogP contribution is -2.42. The molecule has 0 saturated carbocycles. The highest BCUT2D eigenvalue weighted by Crippen LogP contribution is 2.40. The van der Waals surface area contributed by atoms with Crippen LogP contribution in [0.15, 0.2) is 52.0 Å². The minimum atomic E-state index is 0.0140. The number of nitrogens with one attached hydrogen (secondary N) is 1. The summed E-state index contributed by atoms with van der Waals surface area (Å²) in [6.45, 7) is 2.02. The summed E-state index contributed by atoms with van der Waals surface area (Å²) in [6.07, 6.45) is 3.09. The Hall–Kier alpha value is -1.18. The van der Waals surface area contributed by atoms with Crippen molar-refractivity contribution in [1.82, 2.24) is 10.4 Å². The standard InChI is InChI=1S/C20H19BrCl2N4S/c21-14-5-3-13(4-6-14)19-12-17(20(28)25-26-9-1-2-10-26)24-27(19)18-8-7-15(22)11-16(18)23/h3-8,11,19H,1-2,9-10,12H2,(H,25,28). The third-order valence-corrected chi connectivity index (χ3v) is 6.34. The van der Waals surface area contributed by atoms with Crippen molar-refractivity contribution in [3.8, 4) is 0 Å². The molecule has 0 bridgehead atoms. The van der Waals surface area contributed by atoms with E-state index < -0.39 is 0 Å². The topological polar surface area (TPSA) is 30.9 Å². The molecular weight excluding hydrogens is 479 g/mol. The van der Waals surface area contributed by atoms with Crippen LogP contribution in [0.2, 0.25) is 10.0 Å². The molecule has 1 fully saturated rings. The van der Waals surface area contributed by atoms with Crippen molar-refractivity contribution >= 4 is 67.7 Å². The van der Waals surface area contributed by atoms with E-state index in [-0.39, 0.29) is 6.04 Å². The van der Waals surface area contributed by atoms with Crippen molar-refractivity contribution in [1.29, 1.82) is 0 Å². The molecule has 0 aromatic heterocycles. The Labute approximate surface area is 188 Å². The fraction of sp³-hybridized carbons (Fsp3) is 0.300. The fourth-order valence-corrected chi connectivity index (χ4v) is 4.53. The van der Waals surface area contributed by atoms with Gasteiger partial charge in [-0.05, 0) is 48.7 Å². The van der Waals surface area contributed by atoms with Crippen LogP contribution in [0, 0.1) is 0 Å². The maximum absolute atomic E-state index is 6.49. The van der Waals surface area contributed by atoms with Crippen molar-refractivity contribution in [3.63, 3.8) is 0 Å². The Bertz CT molecular complexity index is 913. The molecule has 0 spiro atoms. The molecule has 146 valence electrons. The predicted molar refractivity (Wildman–Crippen MR) is 124 cm³/mol. The molecule has 1 unspecified atom stereocenters. The normalized spacial score (nSPS) is 19.8. The van der Waals surface area contributed by atoms with Gasteiger partial charge in [-0.25, -0.2) is 5.01 Å². The molecule has 1 atom stereocenters. The van der Waals surface area contributed by atoms with Crippen LogP contribution in [0.1, 0.15) is 30.9 Å². The molecule has 8 heteroatoms. The monoisotopic (exact) mass is 496 g/mol. The number of anilines is 1. The molecule has 4 rings (SSSR count). The molecule has 2 aliphatic rings. The molecule has 2 aromatic carbocycles. The van der Waals surface area contributed by atoms with Crippen LogP contribution in [0.3, 0.4) is 0 Å². The lowest BCUT2D eigenvalue weighted by molar-refractivity contribution is 0.299. The molecule has 0 aliphatic carbocycles. The summed E-state index contributed by atoms with van der Waals surface area (Å²) in [7, 11) is 0. The highest BCUT2D eigenvalue weighted by atomic mass is 79.9. The third kappa shape index (κ3) is 4.36. The summed E-state index contributed by atoms with van der Waals surface area (Å²) in [5.74, 6) is 0. The van der Waals surface area contributed by atoms with Crippen LogP contribution < -0.4 is 10.4 Å². The lowest BCUT2D eigenvalue weighted by Gasteiger charge is -2.25. The zero-order valence-electron chi connectivity index (χ0n) is 15.0. The predicted octanol–water partition coefficient (Wildman–Crippen LogP) is 5.99. The van der Waals surface area contributed by atoms with E-state index in [1.54, 1.807) is 6.07 Å². The highest BCUT2D eigenvalue weighted by Gasteiger charge is 2.32. The molecule has 0 amide bonds. The third-order valence-electron chi connectivity index (χ3n) is 4.95. The first-order chi connectivity index (χ1) is 13.5. The minimum absolute atomic E-state index is 0.0140.